The lowest BCUT2D eigenvalue weighted by molar-refractivity contribution is 0.0618. The average molecular weight is 288 g/mol. The Morgan fingerprint density at radius 3 is 2.52 bits per heavy atom. The molecule has 1 aliphatic heterocycles. The topological polar surface area (TPSA) is 101 Å². The molecule has 0 aromatic carbocycles. The molecule has 1 aliphatic rings. The van der Waals surface area contributed by atoms with Crippen LogP contribution in [-0.4, -0.2) is 57.2 Å². The molecule has 1 saturated heterocycles. The molecule has 110 valence electrons. The Balaban J connectivity index is 1.56. The van der Waals surface area contributed by atoms with E-state index in [1.165, 1.54) is 5.56 Å². The summed E-state index contributed by atoms with van der Waals surface area (Å²) in [6.07, 6.45) is 3.57. The number of carbonyl (C=O) groups excluding carboxylic acids is 1. The van der Waals surface area contributed by atoms with Gasteiger partial charge in [0.1, 0.15) is 0 Å². The van der Waals surface area contributed by atoms with Gasteiger partial charge in [0, 0.05) is 45.1 Å². The molecule has 0 spiro atoms. The zero-order valence-corrected chi connectivity index (χ0v) is 11.5. The molecule has 8 heteroatoms. The standard InChI is InChI=1S/C13H16N6O2/c14-12-11(16-21-17-12)13(20)19-7-5-18(6-8-19)9-10-1-3-15-4-2-10/h1-4H,5-9H2,(H2,14,17). The molecular weight excluding hydrogens is 272 g/mol. The van der Waals surface area contributed by atoms with Crippen LogP contribution >= 0.6 is 0 Å². The second-order valence-electron chi connectivity index (χ2n) is 4.92. The van der Waals surface area contributed by atoms with E-state index < -0.39 is 0 Å². The van der Waals surface area contributed by atoms with Gasteiger partial charge in [-0.2, -0.15) is 0 Å². The fraction of sp³-hybridized carbons (Fsp3) is 0.385. The molecule has 21 heavy (non-hydrogen) atoms. The zero-order chi connectivity index (χ0) is 14.7. The first-order valence-electron chi connectivity index (χ1n) is 6.72. The Bertz CT molecular complexity index is 606. The molecule has 2 N–H and O–H groups in total. The molecule has 0 aliphatic carbocycles. The van der Waals surface area contributed by atoms with E-state index in [1.807, 2.05) is 12.1 Å². The minimum absolute atomic E-state index is 0.0409. The molecular formula is C13H16N6O2. The number of hydrogen-bond donors (Lipinski definition) is 1. The van der Waals surface area contributed by atoms with Crippen molar-refractivity contribution in [3.8, 4) is 0 Å². The van der Waals surface area contributed by atoms with Gasteiger partial charge in [0.25, 0.3) is 5.91 Å². The van der Waals surface area contributed by atoms with E-state index >= 15 is 0 Å². The van der Waals surface area contributed by atoms with Crippen molar-refractivity contribution in [1.82, 2.24) is 25.1 Å². The van der Waals surface area contributed by atoms with Gasteiger partial charge in [0.15, 0.2) is 0 Å². The minimum atomic E-state index is -0.225. The van der Waals surface area contributed by atoms with Crippen LogP contribution < -0.4 is 5.73 Å². The lowest BCUT2D eigenvalue weighted by atomic mass is 10.2. The summed E-state index contributed by atoms with van der Waals surface area (Å²) in [7, 11) is 0. The van der Waals surface area contributed by atoms with Crippen molar-refractivity contribution in [2.75, 3.05) is 31.9 Å². The molecule has 1 fully saturated rings. The summed E-state index contributed by atoms with van der Waals surface area (Å²) in [5, 5.41) is 6.99. The van der Waals surface area contributed by atoms with Gasteiger partial charge in [0.05, 0.1) is 0 Å². The first-order valence-corrected chi connectivity index (χ1v) is 6.72. The van der Waals surface area contributed by atoms with Crippen molar-refractivity contribution in [2.45, 2.75) is 6.54 Å². The molecule has 0 saturated carbocycles. The average Bonchev–Trinajstić information content (AvgIpc) is 2.94. The van der Waals surface area contributed by atoms with Crippen LogP contribution in [0.3, 0.4) is 0 Å². The van der Waals surface area contributed by atoms with Crippen molar-refractivity contribution < 1.29 is 9.42 Å². The maximum Gasteiger partial charge on any atom is 0.280 e. The maximum absolute atomic E-state index is 12.2. The molecule has 0 bridgehead atoms. The van der Waals surface area contributed by atoms with E-state index in [9.17, 15) is 4.79 Å². The number of aromatic nitrogens is 3. The number of hydrogen-bond acceptors (Lipinski definition) is 7. The van der Waals surface area contributed by atoms with Crippen molar-refractivity contribution in [2.24, 2.45) is 0 Å². The van der Waals surface area contributed by atoms with Crippen molar-refractivity contribution in [3.05, 3.63) is 35.8 Å². The molecule has 3 rings (SSSR count). The van der Waals surface area contributed by atoms with Gasteiger partial charge in [-0.25, -0.2) is 4.63 Å². The molecule has 8 nitrogen and oxygen atoms in total. The van der Waals surface area contributed by atoms with Crippen LogP contribution in [0.2, 0.25) is 0 Å². The molecule has 0 radical (unpaired) electrons. The number of nitrogens with zero attached hydrogens (tertiary/aromatic N) is 5. The predicted octanol–water partition coefficient (Wildman–Crippen LogP) is 0.00480. The fourth-order valence-electron chi connectivity index (χ4n) is 2.35. The van der Waals surface area contributed by atoms with Crippen molar-refractivity contribution in [3.63, 3.8) is 0 Å². The van der Waals surface area contributed by atoms with E-state index in [0.29, 0.717) is 13.1 Å². The van der Waals surface area contributed by atoms with Gasteiger partial charge in [-0.3, -0.25) is 14.7 Å². The number of nitrogens with two attached hydrogens (primary N) is 1. The summed E-state index contributed by atoms with van der Waals surface area (Å²) in [6, 6.07) is 4.00. The Labute approximate surface area is 121 Å². The molecule has 0 unspecified atom stereocenters. The monoisotopic (exact) mass is 288 g/mol. The third kappa shape index (κ3) is 3.00. The number of anilines is 1. The first kappa shape index (κ1) is 13.5. The van der Waals surface area contributed by atoms with Gasteiger partial charge in [-0.15, -0.1) is 0 Å². The van der Waals surface area contributed by atoms with Gasteiger partial charge in [-0.1, -0.05) is 0 Å². The van der Waals surface area contributed by atoms with Crippen LogP contribution in [0.4, 0.5) is 5.82 Å². The van der Waals surface area contributed by atoms with Crippen LogP contribution in [-0.2, 0) is 6.54 Å². The Morgan fingerprint density at radius 2 is 1.90 bits per heavy atom. The third-order valence-electron chi connectivity index (χ3n) is 3.53. The second-order valence-corrected chi connectivity index (χ2v) is 4.92. The zero-order valence-electron chi connectivity index (χ0n) is 11.5. The van der Waals surface area contributed by atoms with Crippen molar-refractivity contribution in [1.29, 1.82) is 0 Å². The fourth-order valence-corrected chi connectivity index (χ4v) is 2.35. The van der Waals surface area contributed by atoms with E-state index in [1.54, 1.807) is 17.3 Å². The third-order valence-corrected chi connectivity index (χ3v) is 3.53. The first-order chi connectivity index (χ1) is 10.2. The summed E-state index contributed by atoms with van der Waals surface area (Å²) < 4.78 is 4.47. The number of rotatable bonds is 3. The van der Waals surface area contributed by atoms with Crippen LogP contribution in [0, 0.1) is 0 Å². The highest BCUT2D eigenvalue weighted by molar-refractivity contribution is 5.96. The number of nitrogen functional groups attached to an aromatic ring is 1. The quantitative estimate of drug-likeness (QED) is 0.848. The van der Waals surface area contributed by atoms with E-state index in [2.05, 4.69) is 24.8 Å². The Hall–Kier alpha value is -2.48. The predicted molar refractivity (Wildman–Crippen MR) is 74.1 cm³/mol. The van der Waals surface area contributed by atoms with E-state index in [4.69, 9.17) is 5.73 Å². The highest BCUT2D eigenvalue weighted by atomic mass is 16.6. The Morgan fingerprint density at radius 1 is 1.19 bits per heavy atom. The summed E-state index contributed by atoms with van der Waals surface area (Å²) in [5.41, 5.74) is 6.86. The normalized spacial score (nSPS) is 16.1. The largest absolute Gasteiger partial charge is 0.379 e. The van der Waals surface area contributed by atoms with Crippen molar-refractivity contribution >= 4 is 11.7 Å². The number of piperazine rings is 1. The number of carbonyl (C=O) groups is 1. The van der Waals surface area contributed by atoms with E-state index in [0.717, 1.165) is 19.6 Å². The summed E-state index contributed by atoms with van der Waals surface area (Å²) in [6.45, 7) is 3.74. The van der Waals surface area contributed by atoms with Gasteiger partial charge in [0.2, 0.25) is 11.5 Å². The van der Waals surface area contributed by atoms with Crippen LogP contribution in [0.5, 0.6) is 0 Å². The second kappa shape index (κ2) is 5.88. The van der Waals surface area contributed by atoms with Gasteiger partial charge in [-0.05, 0) is 28.0 Å². The number of amides is 1. The highest BCUT2D eigenvalue weighted by Crippen LogP contribution is 2.12. The molecule has 2 aromatic rings. The minimum Gasteiger partial charge on any atom is -0.379 e. The molecule has 0 atom stereocenters. The van der Waals surface area contributed by atoms with E-state index in [-0.39, 0.29) is 17.4 Å². The lowest BCUT2D eigenvalue weighted by Crippen LogP contribution is -2.48. The summed E-state index contributed by atoms with van der Waals surface area (Å²) >= 11 is 0. The Kier molecular flexibility index (Phi) is 3.78. The van der Waals surface area contributed by atoms with Crippen LogP contribution in [0.25, 0.3) is 0 Å². The van der Waals surface area contributed by atoms with Crippen LogP contribution in [0.15, 0.2) is 29.2 Å². The SMILES string of the molecule is Nc1nonc1C(=O)N1CCN(Cc2ccncc2)CC1. The summed E-state index contributed by atoms with van der Waals surface area (Å²) in [5.74, 6) is -0.184. The smallest absolute Gasteiger partial charge is 0.280 e. The summed E-state index contributed by atoms with van der Waals surface area (Å²) in [4.78, 5) is 20.2. The molecule has 1 amide bonds. The van der Waals surface area contributed by atoms with Gasteiger partial charge >= 0.3 is 0 Å². The lowest BCUT2D eigenvalue weighted by Gasteiger charge is -2.34. The molecule has 2 aromatic heterocycles. The van der Waals surface area contributed by atoms with Crippen LogP contribution in [0.1, 0.15) is 16.1 Å². The maximum atomic E-state index is 12.2. The number of pyridine rings is 1. The molecule has 3 heterocycles. The van der Waals surface area contributed by atoms with Gasteiger partial charge < -0.3 is 10.6 Å². The highest BCUT2D eigenvalue weighted by Gasteiger charge is 2.26.